The van der Waals surface area contributed by atoms with E-state index in [2.05, 4.69) is 6.92 Å². The first-order chi connectivity index (χ1) is 6.07. The quantitative estimate of drug-likeness (QED) is 0.473. The molecule has 76 valence electrons. The molecule has 0 heterocycles. The van der Waals surface area contributed by atoms with Crippen molar-refractivity contribution in [3.05, 3.63) is 0 Å². The Bertz CT molecular complexity index is 178. The SMILES string of the molecule is CCC(C)C(=N)CCCCC(=O)O. The molecule has 3 heteroatoms. The van der Waals surface area contributed by atoms with Crippen LogP contribution in [0.25, 0.3) is 0 Å². The zero-order valence-electron chi connectivity index (χ0n) is 8.47. The van der Waals surface area contributed by atoms with Gasteiger partial charge in [-0.2, -0.15) is 0 Å². The maximum atomic E-state index is 10.2. The Labute approximate surface area is 79.7 Å². The molecule has 0 aromatic carbocycles. The second-order valence-electron chi connectivity index (χ2n) is 3.44. The number of aliphatic carboxylic acids is 1. The lowest BCUT2D eigenvalue weighted by molar-refractivity contribution is -0.137. The molecule has 0 saturated heterocycles. The van der Waals surface area contributed by atoms with Crippen LogP contribution in [-0.2, 0) is 4.79 Å². The minimum atomic E-state index is -0.741. The van der Waals surface area contributed by atoms with Gasteiger partial charge in [-0.3, -0.25) is 4.79 Å². The van der Waals surface area contributed by atoms with Gasteiger partial charge in [0, 0.05) is 12.1 Å². The molecule has 0 fully saturated rings. The molecule has 0 aliphatic heterocycles. The lowest BCUT2D eigenvalue weighted by atomic mass is 9.98. The molecule has 0 amide bonds. The Balaban J connectivity index is 3.42. The van der Waals surface area contributed by atoms with Crippen molar-refractivity contribution in [2.45, 2.75) is 46.0 Å². The van der Waals surface area contributed by atoms with Crippen molar-refractivity contribution in [1.82, 2.24) is 0 Å². The van der Waals surface area contributed by atoms with Crippen LogP contribution in [0.15, 0.2) is 0 Å². The Hall–Kier alpha value is -0.860. The first-order valence-electron chi connectivity index (χ1n) is 4.87. The van der Waals surface area contributed by atoms with E-state index in [1.54, 1.807) is 0 Å². The Morgan fingerprint density at radius 2 is 1.92 bits per heavy atom. The molecule has 0 saturated carbocycles. The summed E-state index contributed by atoms with van der Waals surface area (Å²) in [6, 6.07) is 0. The van der Waals surface area contributed by atoms with Crippen LogP contribution in [-0.4, -0.2) is 16.8 Å². The average molecular weight is 185 g/mol. The number of unbranched alkanes of at least 4 members (excludes halogenated alkanes) is 1. The van der Waals surface area contributed by atoms with E-state index >= 15 is 0 Å². The molecule has 0 aromatic rings. The van der Waals surface area contributed by atoms with Crippen LogP contribution in [0.1, 0.15) is 46.0 Å². The summed E-state index contributed by atoms with van der Waals surface area (Å²) in [5.74, 6) is -0.389. The van der Waals surface area contributed by atoms with Crippen LogP contribution in [0.5, 0.6) is 0 Å². The van der Waals surface area contributed by atoms with Crippen LogP contribution in [0.3, 0.4) is 0 Å². The minimum absolute atomic E-state index is 0.230. The highest BCUT2D eigenvalue weighted by Gasteiger charge is 2.06. The van der Waals surface area contributed by atoms with E-state index in [9.17, 15) is 4.79 Å². The first-order valence-corrected chi connectivity index (χ1v) is 4.87. The smallest absolute Gasteiger partial charge is 0.303 e. The molecule has 1 atom stereocenters. The predicted octanol–water partition coefficient (Wildman–Crippen LogP) is 2.70. The fourth-order valence-corrected chi connectivity index (χ4v) is 1.08. The summed E-state index contributed by atoms with van der Waals surface area (Å²) in [5.41, 5.74) is 0.757. The largest absolute Gasteiger partial charge is 0.481 e. The lowest BCUT2D eigenvalue weighted by Crippen LogP contribution is -2.08. The Morgan fingerprint density at radius 1 is 1.38 bits per heavy atom. The number of carbonyl (C=O) groups is 1. The van der Waals surface area contributed by atoms with E-state index < -0.39 is 5.97 Å². The summed E-state index contributed by atoms with van der Waals surface area (Å²) < 4.78 is 0. The maximum Gasteiger partial charge on any atom is 0.303 e. The molecule has 0 radical (unpaired) electrons. The van der Waals surface area contributed by atoms with E-state index in [-0.39, 0.29) is 6.42 Å². The maximum absolute atomic E-state index is 10.2. The molecule has 0 bridgehead atoms. The number of rotatable bonds is 7. The molecule has 0 rings (SSSR count). The van der Waals surface area contributed by atoms with Gasteiger partial charge >= 0.3 is 5.97 Å². The molecule has 0 aliphatic rings. The van der Waals surface area contributed by atoms with Crippen molar-refractivity contribution in [2.75, 3.05) is 0 Å². The van der Waals surface area contributed by atoms with Gasteiger partial charge in [-0.15, -0.1) is 0 Å². The van der Waals surface area contributed by atoms with Gasteiger partial charge in [0.15, 0.2) is 0 Å². The van der Waals surface area contributed by atoms with Crippen LogP contribution < -0.4 is 0 Å². The molecule has 2 N–H and O–H groups in total. The van der Waals surface area contributed by atoms with Crippen LogP contribution in [0, 0.1) is 11.3 Å². The zero-order chi connectivity index (χ0) is 10.3. The van der Waals surface area contributed by atoms with E-state index in [0.717, 1.165) is 25.0 Å². The third kappa shape index (κ3) is 6.31. The fraction of sp³-hybridized carbons (Fsp3) is 0.800. The summed E-state index contributed by atoms with van der Waals surface area (Å²) in [7, 11) is 0. The third-order valence-electron chi connectivity index (χ3n) is 2.29. The normalized spacial score (nSPS) is 12.5. The lowest BCUT2D eigenvalue weighted by Gasteiger charge is -2.09. The first kappa shape index (κ1) is 12.1. The van der Waals surface area contributed by atoms with Crippen LogP contribution >= 0.6 is 0 Å². The molecule has 13 heavy (non-hydrogen) atoms. The highest BCUT2D eigenvalue weighted by Crippen LogP contribution is 2.09. The van der Waals surface area contributed by atoms with E-state index in [4.69, 9.17) is 10.5 Å². The standard InChI is InChI=1S/C10H19NO2/c1-3-8(2)9(11)6-4-5-7-10(12)13/h8,11H,3-7H2,1-2H3,(H,12,13). The Morgan fingerprint density at radius 3 is 2.38 bits per heavy atom. The molecule has 0 aliphatic carbocycles. The van der Waals surface area contributed by atoms with Crippen molar-refractivity contribution < 1.29 is 9.90 Å². The molecule has 0 spiro atoms. The van der Waals surface area contributed by atoms with Gasteiger partial charge in [0.25, 0.3) is 0 Å². The zero-order valence-corrected chi connectivity index (χ0v) is 8.47. The van der Waals surface area contributed by atoms with Crippen molar-refractivity contribution >= 4 is 11.7 Å². The average Bonchev–Trinajstić information content (AvgIpc) is 2.10. The van der Waals surface area contributed by atoms with Crippen molar-refractivity contribution in [3.63, 3.8) is 0 Å². The summed E-state index contributed by atoms with van der Waals surface area (Å²) in [5, 5.41) is 16.0. The van der Waals surface area contributed by atoms with Crippen LogP contribution in [0.2, 0.25) is 0 Å². The minimum Gasteiger partial charge on any atom is -0.481 e. The summed E-state index contributed by atoms with van der Waals surface area (Å²) in [6.07, 6.45) is 3.50. The monoisotopic (exact) mass is 185 g/mol. The highest BCUT2D eigenvalue weighted by atomic mass is 16.4. The summed E-state index contributed by atoms with van der Waals surface area (Å²) >= 11 is 0. The summed E-state index contributed by atoms with van der Waals surface area (Å²) in [6.45, 7) is 4.11. The Kier molecular flexibility index (Phi) is 6.20. The number of hydrogen-bond donors (Lipinski definition) is 2. The second-order valence-corrected chi connectivity index (χ2v) is 3.44. The van der Waals surface area contributed by atoms with Gasteiger partial charge < -0.3 is 10.5 Å². The van der Waals surface area contributed by atoms with Crippen molar-refractivity contribution in [1.29, 1.82) is 5.41 Å². The molecule has 0 aromatic heterocycles. The number of carboxylic acid groups (broad SMARTS) is 1. The number of hydrogen-bond acceptors (Lipinski definition) is 2. The van der Waals surface area contributed by atoms with Crippen molar-refractivity contribution in [2.24, 2.45) is 5.92 Å². The molecular formula is C10H19NO2. The van der Waals surface area contributed by atoms with E-state index in [1.807, 2.05) is 6.92 Å². The molecule has 1 unspecified atom stereocenters. The number of carboxylic acids is 1. The van der Waals surface area contributed by atoms with E-state index in [0.29, 0.717) is 12.3 Å². The molecular weight excluding hydrogens is 166 g/mol. The van der Waals surface area contributed by atoms with Crippen molar-refractivity contribution in [3.8, 4) is 0 Å². The summed E-state index contributed by atoms with van der Waals surface area (Å²) in [4.78, 5) is 10.2. The van der Waals surface area contributed by atoms with Gasteiger partial charge in [-0.05, 0) is 31.6 Å². The highest BCUT2D eigenvalue weighted by molar-refractivity contribution is 5.83. The second kappa shape index (κ2) is 6.63. The van der Waals surface area contributed by atoms with Gasteiger partial charge in [-0.25, -0.2) is 0 Å². The topological polar surface area (TPSA) is 61.2 Å². The number of nitrogens with one attached hydrogen (secondary N) is 1. The van der Waals surface area contributed by atoms with Gasteiger partial charge in [0.2, 0.25) is 0 Å². The van der Waals surface area contributed by atoms with Gasteiger partial charge in [0.1, 0.15) is 0 Å². The third-order valence-corrected chi connectivity index (χ3v) is 2.29. The van der Waals surface area contributed by atoms with E-state index in [1.165, 1.54) is 0 Å². The predicted molar refractivity (Wildman–Crippen MR) is 53.3 cm³/mol. The van der Waals surface area contributed by atoms with Gasteiger partial charge in [0.05, 0.1) is 0 Å². The van der Waals surface area contributed by atoms with Crippen LogP contribution in [0.4, 0.5) is 0 Å². The fourth-order valence-electron chi connectivity index (χ4n) is 1.08. The van der Waals surface area contributed by atoms with Gasteiger partial charge in [-0.1, -0.05) is 13.8 Å². The molecule has 3 nitrogen and oxygen atoms in total.